The molecule has 1 atom stereocenters. The normalized spacial score (nSPS) is 13.7. The molecule has 216 valence electrons. The van der Waals surface area contributed by atoms with Crippen molar-refractivity contribution in [3.63, 3.8) is 0 Å². The summed E-state index contributed by atoms with van der Waals surface area (Å²) >= 11 is 10.9. The second-order valence-electron chi connectivity index (χ2n) is 8.47. The van der Waals surface area contributed by atoms with Gasteiger partial charge in [-0.2, -0.15) is 9.90 Å². The Hall–Kier alpha value is -1.82. The number of thiol groups is 1. The Bertz CT molecular complexity index is 1160. The zero-order valence-corrected chi connectivity index (χ0v) is 27.7. The summed E-state index contributed by atoms with van der Waals surface area (Å²) in [5, 5.41) is 6.96. The second kappa shape index (κ2) is 17.8. The van der Waals surface area contributed by atoms with Gasteiger partial charge in [-0.05, 0) is 74.2 Å². The van der Waals surface area contributed by atoms with Crippen molar-refractivity contribution in [2.24, 2.45) is 4.99 Å². The summed E-state index contributed by atoms with van der Waals surface area (Å²) in [6, 6.07) is 9.68. The fourth-order valence-electron chi connectivity index (χ4n) is 3.86. The Labute approximate surface area is 248 Å². The average molecular weight is 615 g/mol. The summed E-state index contributed by atoms with van der Waals surface area (Å²) in [5.74, 6) is 2.39. The molecule has 0 saturated carbocycles. The third kappa shape index (κ3) is 10.6. The molecule has 3 rings (SSSR count). The van der Waals surface area contributed by atoms with E-state index >= 15 is 0 Å². The smallest absolute Gasteiger partial charge is 0.151 e. The van der Waals surface area contributed by atoms with E-state index in [0.717, 1.165) is 40.5 Å². The van der Waals surface area contributed by atoms with E-state index in [-0.39, 0.29) is 16.6 Å². The number of methoxy groups -OCH3 is 1. The first kappa shape index (κ1) is 35.2. The molecule has 0 saturated heterocycles. The number of benzene rings is 2. The van der Waals surface area contributed by atoms with E-state index in [0.29, 0.717) is 35.5 Å². The van der Waals surface area contributed by atoms with Crippen LogP contribution in [-0.2, 0) is 13.0 Å². The molecule has 0 amide bonds. The highest BCUT2D eigenvalue weighted by Gasteiger charge is 2.19. The summed E-state index contributed by atoms with van der Waals surface area (Å²) < 4.78 is 24.5. The highest BCUT2D eigenvalue weighted by Crippen LogP contribution is 2.38. The SMILES string of the molecule is C=C/C(Cl)=C(\N=C(/C)Nc1cc2c(cc1OC)CCN(CCF)C2)Nc1ccc(S)cc1OP(C)C.CC.P. The van der Waals surface area contributed by atoms with E-state index < -0.39 is 8.15 Å². The maximum Gasteiger partial charge on any atom is 0.151 e. The molecule has 6 nitrogen and oxygen atoms in total. The highest BCUT2D eigenvalue weighted by molar-refractivity contribution is 7.80. The van der Waals surface area contributed by atoms with Gasteiger partial charge in [-0.15, -0.1) is 12.6 Å². The third-order valence-electron chi connectivity index (χ3n) is 5.51. The lowest BCUT2D eigenvalue weighted by Crippen LogP contribution is -2.32. The van der Waals surface area contributed by atoms with E-state index in [1.165, 1.54) is 11.6 Å². The molecule has 0 aliphatic carbocycles. The molecule has 0 aromatic heterocycles. The molecule has 1 aliphatic heterocycles. The number of rotatable bonds is 10. The van der Waals surface area contributed by atoms with Crippen LogP contribution >= 0.6 is 42.3 Å². The molecule has 0 fully saturated rings. The predicted octanol–water partition coefficient (Wildman–Crippen LogP) is 7.97. The van der Waals surface area contributed by atoms with Gasteiger partial charge in [-0.3, -0.25) is 4.90 Å². The molecule has 2 N–H and O–H groups in total. The molecule has 1 heterocycles. The van der Waals surface area contributed by atoms with Crippen LogP contribution in [0.4, 0.5) is 15.8 Å². The molecule has 2 aromatic rings. The molecular weight excluding hydrogens is 573 g/mol. The van der Waals surface area contributed by atoms with Gasteiger partial charge >= 0.3 is 0 Å². The number of hydrogen-bond acceptors (Lipinski definition) is 6. The van der Waals surface area contributed by atoms with Crippen molar-refractivity contribution >= 4 is 59.5 Å². The van der Waals surface area contributed by atoms with Crippen molar-refractivity contribution in [3.8, 4) is 11.5 Å². The number of hydrogen-bond donors (Lipinski definition) is 3. The Morgan fingerprint density at radius 1 is 1.18 bits per heavy atom. The molecule has 0 bridgehead atoms. The lowest BCUT2D eigenvalue weighted by molar-refractivity contribution is 0.231. The van der Waals surface area contributed by atoms with Gasteiger partial charge in [0.2, 0.25) is 0 Å². The van der Waals surface area contributed by atoms with Gasteiger partial charge < -0.3 is 19.9 Å². The van der Waals surface area contributed by atoms with Crippen LogP contribution in [0.5, 0.6) is 11.5 Å². The first-order valence-electron chi connectivity index (χ1n) is 12.5. The Morgan fingerprint density at radius 2 is 1.90 bits per heavy atom. The minimum atomic E-state index is -0.645. The predicted molar refractivity (Wildman–Crippen MR) is 177 cm³/mol. The number of halogens is 2. The van der Waals surface area contributed by atoms with Crippen LogP contribution in [0.1, 0.15) is 31.9 Å². The maximum atomic E-state index is 12.9. The zero-order valence-electron chi connectivity index (χ0n) is 23.8. The van der Waals surface area contributed by atoms with Crippen molar-refractivity contribution in [2.75, 3.05) is 50.8 Å². The van der Waals surface area contributed by atoms with E-state index in [1.54, 1.807) is 7.11 Å². The first-order valence-corrected chi connectivity index (χ1v) is 15.5. The lowest BCUT2D eigenvalue weighted by atomic mass is 9.98. The van der Waals surface area contributed by atoms with Crippen molar-refractivity contribution in [2.45, 2.75) is 38.6 Å². The topological polar surface area (TPSA) is 58.1 Å². The number of nitrogens with one attached hydrogen (secondary N) is 2. The van der Waals surface area contributed by atoms with Gasteiger partial charge in [0.25, 0.3) is 0 Å². The van der Waals surface area contributed by atoms with Crippen molar-refractivity contribution in [1.29, 1.82) is 0 Å². The third-order valence-corrected chi connectivity index (χ3v) is 6.69. The summed E-state index contributed by atoms with van der Waals surface area (Å²) in [4.78, 5) is 7.60. The molecule has 1 unspecified atom stereocenters. The fourth-order valence-corrected chi connectivity index (χ4v) is 4.69. The van der Waals surface area contributed by atoms with Gasteiger partial charge in [-0.25, -0.2) is 9.38 Å². The number of ether oxygens (including phenoxy) is 1. The number of allylic oxidation sites excluding steroid dienone is 2. The summed E-state index contributed by atoms with van der Waals surface area (Å²) in [7, 11) is 0.996. The molecule has 39 heavy (non-hydrogen) atoms. The minimum absolute atomic E-state index is 0. The molecular formula is C28H42ClFN4O2P2S. The number of anilines is 2. The number of amidine groups is 1. The minimum Gasteiger partial charge on any atom is -0.495 e. The quantitative estimate of drug-likeness (QED) is 0.0833. The van der Waals surface area contributed by atoms with Crippen LogP contribution in [0.25, 0.3) is 0 Å². The van der Waals surface area contributed by atoms with Crippen molar-refractivity contribution < 1.29 is 13.7 Å². The van der Waals surface area contributed by atoms with Gasteiger partial charge in [0, 0.05) is 24.5 Å². The van der Waals surface area contributed by atoms with Crippen LogP contribution < -0.4 is 19.9 Å². The largest absolute Gasteiger partial charge is 0.495 e. The molecule has 11 heteroatoms. The number of alkyl halides is 1. The molecule has 0 spiro atoms. The van der Waals surface area contributed by atoms with Crippen molar-refractivity contribution in [3.05, 3.63) is 65.0 Å². The highest BCUT2D eigenvalue weighted by atomic mass is 35.5. The van der Waals surface area contributed by atoms with Gasteiger partial charge in [0.1, 0.15) is 24.0 Å². The van der Waals surface area contributed by atoms with Gasteiger partial charge in [-0.1, -0.05) is 32.0 Å². The first-order chi connectivity index (χ1) is 18.2. The van der Waals surface area contributed by atoms with Crippen LogP contribution in [0.3, 0.4) is 0 Å². The molecule has 2 aromatic carbocycles. The van der Waals surface area contributed by atoms with Crippen LogP contribution in [0, 0.1) is 0 Å². The van der Waals surface area contributed by atoms with E-state index in [4.69, 9.17) is 25.9 Å². The Morgan fingerprint density at radius 3 is 2.51 bits per heavy atom. The van der Waals surface area contributed by atoms with Crippen molar-refractivity contribution in [1.82, 2.24) is 4.90 Å². The second-order valence-corrected chi connectivity index (χ2v) is 11.2. The fraction of sp³-hybridized carbons (Fsp3) is 0.393. The summed E-state index contributed by atoms with van der Waals surface area (Å²) in [6.07, 6.45) is 2.39. The van der Waals surface area contributed by atoms with E-state index in [9.17, 15) is 4.39 Å². The number of fused-ring (bicyclic) bond motifs is 1. The molecule has 0 radical (unpaired) electrons. The van der Waals surface area contributed by atoms with E-state index in [2.05, 4.69) is 34.7 Å². The zero-order chi connectivity index (χ0) is 28.2. The number of nitrogens with zero attached hydrogens (tertiary/aromatic N) is 2. The summed E-state index contributed by atoms with van der Waals surface area (Å²) in [5.41, 5.74) is 3.86. The summed E-state index contributed by atoms with van der Waals surface area (Å²) in [6.45, 7) is 15.3. The maximum absolute atomic E-state index is 12.9. The standard InChI is InChI=1S/C26H33ClFN4O2PS.C2H6.H3P/c1-6-21(27)26(31-22-8-7-20(36)15-25(22)34-35(4)5)30-17(2)29-23-13-19-16-32(12-10-28)11-9-18(19)14-24(23)33-3;1-2;/h6-8,13-15,31,36H,1,9-12,16H2,2-5H3,(H,29,30);1-2H3;1H3/b26-21-;;. The Kier molecular flexibility index (Phi) is 16.1. The van der Waals surface area contributed by atoms with Gasteiger partial charge in [0.05, 0.1) is 31.7 Å². The average Bonchev–Trinajstić information content (AvgIpc) is 2.89. The van der Waals surface area contributed by atoms with Crippen LogP contribution in [-0.4, -0.2) is 50.9 Å². The Balaban J connectivity index is 0.00000248. The van der Waals surface area contributed by atoms with E-state index in [1.807, 2.05) is 64.4 Å². The van der Waals surface area contributed by atoms with Crippen LogP contribution in [0.15, 0.2) is 63.7 Å². The van der Waals surface area contributed by atoms with Gasteiger partial charge in [0.15, 0.2) is 5.82 Å². The lowest BCUT2D eigenvalue weighted by Gasteiger charge is -2.29. The number of aliphatic imine (C=N–C) groups is 1. The van der Waals surface area contributed by atoms with Crippen LogP contribution in [0.2, 0.25) is 0 Å². The molecule has 1 aliphatic rings. The monoisotopic (exact) mass is 614 g/mol.